The standard InChI is InChI=1S/C13H26OSi2/c1-6-16(7-2,8-3)13-12-15(4,5)11-9-10-14/h6-8,14H,1-3,9-13H2,4-5H3. The third-order valence-corrected chi connectivity index (χ3v) is 10.6. The smallest absolute Gasteiger partial charge is 0.124 e. The summed E-state index contributed by atoms with van der Waals surface area (Å²) in [6.45, 7) is 16.9. The summed E-state index contributed by atoms with van der Waals surface area (Å²) < 4.78 is 0. The Labute approximate surface area is 103 Å². The fourth-order valence-corrected chi connectivity index (χ4v) is 8.71. The SMILES string of the molecule is C=C[Si](C=C)(C=C)CC[Si](C)(C)CCCO. The predicted molar refractivity (Wildman–Crippen MR) is 80.0 cm³/mol. The van der Waals surface area contributed by atoms with Gasteiger partial charge in [-0.1, -0.05) is 42.3 Å². The van der Waals surface area contributed by atoms with Crippen molar-refractivity contribution in [1.29, 1.82) is 0 Å². The Morgan fingerprint density at radius 3 is 1.81 bits per heavy atom. The monoisotopic (exact) mass is 254 g/mol. The first-order valence-electron chi connectivity index (χ1n) is 5.97. The molecule has 0 amide bonds. The molecular formula is C13H26OSi2. The van der Waals surface area contributed by atoms with Gasteiger partial charge in [0.25, 0.3) is 0 Å². The first kappa shape index (κ1) is 15.6. The third-order valence-electron chi connectivity index (χ3n) is 3.39. The fraction of sp³-hybridized carbons (Fsp3) is 0.538. The molecule has 3 heteroatoms. The lowest BCUT2D eigenvalue weighted by atomic mass is 10.5. The molecule has 0 aliphatic rings. The highest BCUT2D eigenvalue weighted by Crippen LogP contribution is 2.26. The molecule has 1 nitrogen and oxygen atoms in total. The van der Waals surface area contributed by atoms with Crippen molar-refractivity contribution < 1.29 is 5.11 Å². The summed E-state index contributed by atoms with van der Waals surface area (Å²) in [5.41, 5.74) is 6.22. The van der Waals surface area contributed by atoms with E-state index in [9.17, 15) is 0 Å². The second-order valence-corrected chi connectivity index (χ2v) is 14.5. The molecule has 1 N–H and O–H groups in total. The summed E-state index contributed by atoms with van der Waals surface area (Å²) in [4.78, 5) is 0. The van der Waals surface area contributed by atoms with Gasteiger partial charge < -0.3 is 5.11 Å². The van der Waals surface area contributed by atoms with Crippen LogP contribution in [-0.2, 0) is 0 Å². The van der Waals surface area contributed by atoms with Crippen molar-refractivity contribution in [2.24, 2.45) is 0 Å². The number of hydrogen-bond acceptors (Lipinski definition) is 1. The van der Waals surface area contributed by atoms with Crippen LogP contribution in [0.4, 0.5) is 0 Å². The van der Waals surface area contributed by atoms with Crippen LogP contribution in [-0.4, -0.2) is 27.9 Å². The lowest BCUT2D eigenvalue weighted by Gasteiger charge is -2.27. The van der Waals surface area contributed by atoms with Crippen molar-refractivity contribution in [3.8, 4) is 0 Å². The van der Waals surface area contributed by atoms with Crippen LogP contribution >= 0.6 is 0 Å². The maximum atomic E-state index is 8.88. The van der Waals surface area contributed by atoms with Gasteiger partial charge in [0.1, 0.15) is 8.07 Å². The van der Waals surface area contributed by atoms with Gasteiger partial charge in [-0.05, 0) is 12.5 Å². The van der Waals surface area contributed by atoms with Crippen LogP contribution in [0.25, 0.3) is 0 Å². The molecule has 0 aliphatic carbocycles. The van der Waals surface area contributed by atoms with E-state index < -0.39 is 16.1 Å². The van der Waals surface area contributed by atoms with Crippen LogP contribution in [0.3, 0.4) is 0 Å². The Morgan fingerprint density at radius 1 is 0.938 bits per heavy atom. The van der Waals surface area contributed by atoms with Gasteiger partial charge in [-0.3, -0.25) is 0 Å². The number of hydrogen-bond donors (Lipinski definition) is 1. The second kappa shape index (κ2) is 7.04. The first-order valence-corrected chi connectivity index (χ1v) is 11.8. The van der Waals surface area contributed by atoms with E-state index in [0.29, 0.717) is 6.61 Å². The molecule has 0 fully saturated rings. The van der Waals surface area contributed by atoms with Gasteiger partial charge in [0.2, 0.25) is 0 Å². The number of rotatable bonds is 9. The third kappa shape index (κ3) is 5.10. The van der Waals surface area contributed by atoms with Gasteiger partial charge in [0, 0.05) is 14.7 Å². The quantitative estimate of drug-likeness (QED) is 0.622. The zero-order valence-electron chi connectivity index (χ0n) is 10.8. The van der Waals surface area contributed by atoms with Gasteiger partial charge in [-0.2, -0.15) is 0 Å². The Bertz CT molecular complexity index is 225. The molecule has 0 heterocycles. The molecule has 0 saturated heterocycles. The Hall–Kier alpha value is -0.386. The summed E-state index contributed by atoms with van der Waals surface area (Å²) in [6, 6.07) is 3.68. The van der Waals surface area contributed by atoms with Gasteiger partial charge >= 0.3 is 0 Å². The lowest BCUT2D eigenvalue weighted by molar-refractivity contribution is 0.294. The van der Waals surface area contributed by atoms with E-state index in [1.54, 1.807) is 0 Å². The zero-order chi connectivity index (χ0) is 12.7. The van der Waals surface area contributed by atoms with E-state index >= 15 is 0 Å². The van der Waals surface area contributed by atoms with Gasteiger partial charge in [0.05, 0.1) is 0 Å². The minimum Gasteiger partial charge on any atom is -0.396 e. The van der Waals surface area contributed by atoms with E-state index in [0.717, 1.165) is 6.42 Å². The molecule has 0 atom stereocenters. The highest BCUT2D eigenvalue weighted by atomic mass is 28.3. The molecule has 0 aromatic rings. The van der Waals surface area contributed by atoms with Gasteiger partial charge in [0.15, 0.2) is 0 Å². The van der Waals surface area contributed by atoms with E-state index in [4.69, 9.17) is 5.11 Å². The van der Waals surface area contributed by atoms with E-state index in [-0.39, 0.29) is 0 Å². The van der Waals surface area contributed by atoms with Gasteiger partial charge in [-0.15, -0.1) is 19.7 Å². The van der Waals surface area contributed by atoms with Crippen molar-refractivity contribution in [2.75, 3.05) is 6.61 Å². The Morgan fingerprint density at radius 2 is 1.44 bits per heavy atom. The van der Waals surface area contributed by atoms with Crippen molar-refractivity contribution in [3.63, 3.8) is 0 Å². The summed E-state index contributed by atoms with van der Waals surface area (Å²) in [6.07, 6.45) is 0.948. The molecule has 0 unspecified atom stereocenters. The van der Waals surface area contributed by atoms with Crippen LogP contribution in [0.1, 0.15) is 6.42 Å². The molecule has 0 bridgehead atoms. The van der Waals surface area contributed by atoms with E-state index in [1.165, 1.54) is 18.1 Å². The topological polar surface area (TPSA) is 20.2 Å². The molecule has 0 aromatic heterocycles. The molecule has 92 valence electrons. The highest BCUT2D eigenvalue weighted by molar-refractivity contribution is 6.94. The Kier molecular flexibility index (Phi) is 6.87. The molecule has 0 spiro atoms. The number of aliphatic hydroxyl groups excluding tert-OH is 1. The molecule has 0 radical (unpaired) electrons. The minimum atomic E-state index is -1.60. The first-order chi connectivity index (χ1) is 7.45. The summed E-state index contributed by atoms with van der Waals surface area (Å²) >= 11 is 0. The van der Waals surface area contributed by atoms with E-state index in [2.05, 4.69) is 49.9 Å². The van der Waals surface area contributed by atoms with Crippen molar-refractivity contribution in [2.45, 2.75) is 37.6 Å². The van der Waals surface area contributed by atoms with Crippen molar-refractivity contribution >= 4 is 16.1 Å². The maximum absolute atomic E-state index is 8.88. The molecule has 0 aromatic carbocycles. The zero-order valence-corrected chi connectivity index (χ0v) is 12.8. The van der Waals surface area contributed by atoms with Crippen LogP contribution in [0.5, 0.6) is 0 Å². The van der Waals surface area contributed by atoms with Crippen LogP contribution in [0.15, 0.2) is 36.8 Å². The second-order valence-electron chi connectivity index (χ2n) is 5.22. The van der Waals surface area contributed by atoms with Crippen LogP contribution in [0.2, 0.25) is 31.2 Å². The normalized spacial score (nSPS) is 12.2. The van der Waals surface area contributed by atoms with Crippen molar-refractivity contribution in [1.82, 2.24) is 0 Å². The van der Waals surface area contributed by atoms with E-state index in [1.807, 2.05) is 0 Å². The van der Waals surface area contributed by atoms with Crippen LogP contribution < -0.4 is 0 Å². The maximum Gasteiger partial charge on any atom is 0.124 e. The molecule has 0 saturated carbocycles. The average molecular weight is 255 g/mol. The summed E-state index contributed by atoms with van der Waals surface area (Å²) in [5.74, 6) is 0. The van der Waals surface area contributed by atoms with Crippen molar-refractivity contribution in [3.05, 3.63) is 36.8 Å². The molecule has 0 aliphatic heterocycles. The predicted octanol–water partition coefficient (Wildman–Crippen LogP) is 3.70. The minimum absolute atomic E-state index is 0.323. The molecule has 0 rings (SSSR count). The number of aliphatic hydroxyl groups is 1. The fourth-order valence-electron chi connectivity index (χ4n) is 1.79. The summed E-state index contributed by atoms with van der Waals surface area (Å²) in [7, 11) is -2.75. The Balaban J connectivity index is 4.34. The lowest BCUT2D eigenvalue weighted by Crippen LogP contribution is -2.33. The van der Waals surface area contributed by atoms with Crippen LogP contribution in [0, 0.1) is 0 Å². The largest absolute Gasteiger partial charge is 0.396 e. The highest BCUT2D eigenvalue weighted by Gasteiger charge is 2.27. The summed E-state index contributed by atoms with van der Waals surface area (Å²) in [5, 5.41) is 8.88. The average Bonchev–Trinajstić information content (AvgIpc) is 2.29. The van der Waals surface area contributed by atoms with Gasteiger partial charge in [-0.25, -0.2) is 0 Å². The molecule has 16 heavy (non-hydrogen) atoms. The molecular weight excluding hydrogens is 228 g/mol.